The predicted octanol–water partition coefficient (Wildman–Crippen LogP) is 4.23. The Morgan fingerprint density at radius 1 is 1.00 bits per heavy atom. The molecule has 100 valence electrons. The first-order valence-corrected chi connectivity index (χ1v) is 7.94. The van der Waals surface area contributed by atoms with E-state index in [0.29, 0.717) is 0 Å². The quantitative estimate of drug-likeness (QED) is 0.771. The normalized spacial score (nSPS) is 42.9. The van der Waals surface area contributed by atoms with Gasteiger partial charge < -0.3 is 5.32 Å². The van der Waals surface area contributed by atoms with Gasteiger partial charge in [0.25, 0.3) is 0 Å². The summed E-state index contributed by atoms with van der Waals surface area (Å²) in [5.41, 5.74) is 0. The van der Waals surface area contributed by atoms with Gasteiger partial charge in [-0.2, -0.15) is 0 Å². The fourth-order valence-corrected chi connectivity index (χ4v) is 4.49. The van der Waals surface area contributed by atoms with Crippen LogP contribution in [0.3, 0.4) is 0 Å². The van der Waals surface area contributed by atoms with Gasteiger partial charge in [-0.3, -0.25) is 0 Å². The van der Waals surface area contributed by atoms with Crippen LogP contribution in [-0.4, -0.2) is 12.6 Å². The molecule has 0 aromatic rings. The molecule has 0 saturated heterocycles. The van der Waals surface area contributed by atoms with Crippen LogP contribution in [0.5, 0.6) is 0 Å². The van der Waals surface area contributed by atoms with Crippen LogP contribution in [0.15, 0.2) is 0 Å². The zero-order valence-corrected chi connectivity index (χ0v) is 12.0. The van der Waals surface area contributed by atoms with E-state index in [1.54, 1.807) is 0 Å². The van der Waals surface area contributed by atoms with E-state index in [0.717, 1.165) is 29.7 Å². The van der Waals surface area contributed by atoms with E-state index in [1.807, 2.05) is 0 Å². The third-order valence-corrected chi connectivity index (χ3v) is 5.05. The van der Waals surface area contributed by atoms with Crippen molar-refractivity contribution in [2.75, 3.05) is 6.54 Å². The maximum Gasteiger partial charge on any atom is 0.00979 e. The van der Waals surface area contributed by atoms with Gasteiger partial charge in [-0.1, -0.05) is 27.2 Å². The molecule has 2 rings (SSSR count). The highest BCUT2D eigenvalue weighted by Crippen LogP contribution is 2.43. The fourth-order valence-electron chi connectivity index (χ4n) is 4.49. The molecule has 0 aromatic carbocycles. The largest absolute Gasteiger partial charge is 0.314 e. The Bertz CT molecular complexity index is 216. The molecule has 0 amide bonds. The van der Waals surface area contributed by atoms with E-state index >= 15 is 0 Å². The van der Waals surface area contributed by atoms with Gasteiger partial charge in [-0.25, -0.2) is 0 Å². The third-order valence-electron chi connectivity index (χ3n) is 5.05. The van der Waals surface area contributed by atoms with Crippen molar-refractivity contribution in [2.24, 2.45) is 23.7 Å². The van der Waals surface area contributed by atoms with Gasteiger partial charge in [0.2, 0.25) is 0 Å². The Morgan fingerprint density at radius 2 is 1.71 bits per heavy atom. The monoisotopic (exact) mass is 237 g/mol. The first-order valence-electron chi connectivity index (χ1n) is 7.94. The van der Waals surface area contributed by atoms with E-state index in [9.17, 15) is 0 Å². The lowest BCUT2D eigenvalue weighted by molar-refractivity contribution is 0.145. The van der Waals surface area contributed by atoms with Crippen molar-refractivity contribution in [1.82, 2.24) is 5.32 Å². The summed E-state index contributed by atoms with van der Waals surface area (Å²) in [4.78, 5) is 0. The predicted molar refractivity (Wildman–Crippen MR) is 75.1 cm³/mol. The summed E-state index contributed by atoms with van der Waals surface area (Å²) in [6.07, 6.45) is 10.1. The molecular weight excluding hydrogens is 206 g/mol. The standard InChI is InChI=1S/C16H31N/c1-4-8-17-16-7-5-6-15(16)14-10-12(2)9-13(3)11-14/h12-17H,4-11H2,1-3H3. The van der Waals surface area contributed by atoms with Crippen LogP contribution in [0.2, 0.25) is 0 Å². The highest BCUT2D eigenvalue weighted by Gasteiger charge is 2.36. The molecule has 4 unspecified atom stereocenters. The van der Waals surface area contributed by atoms with E-state index in [1.165, 1.54) is 51.5 Å². The van der Waals surface area contributed by atoms with Crippen LogP contribution < -0.4 is 5.32 Å². The highest BCUT2D eigenvalue weighted by molar-refractivity contribution is 4.90. The summed E-state index contributed by atoms with van der Waals surface area (Å²) >= 11 is 0. The minimum absolute atomic E-state index is 0.845. The van der Waals surface area contributed by atoms with Gasteiger partial charge in [0, 0.05) is 6.04 Å². The van der Waals surface area contributed by atoms with E-state index in [-0.39, 0.29) is 0 Å². The summed E-state index contributed by atoms with van der Waals surface area (Å²) in [5.74, 6) is 3.95. The molecule has 0 aliphatic heterocycles. The minimum atomic E-state index is 0.845. The highest BCUT2D eigenvalue weighted by atomic mass is 14.9. The molecule has 1 nitrogen and oxygen atoms in total. The molecule has 0 aromatic heterocycles. The Hall–Kier alpha value is -0.0400. The van der Waals surface area contributed by atoms with Crippen LogP contribution in [0.1, 0.15) is 65.7 Å². The maximum atomic E-state index is 3.81. The molecule has 0 bridgehead atoms. The van der Waals surface area contributed by atoms with Crippen molar-refractivity contribution in [2.45, 2.75) is 71.8 Å². The Balaban J connectivity index is 1.90. The van der Waals surface area contributed by atoms with Crippen LogP contribution in [-0.2, 0) is 0 Å². The van der Waals surface area contributed by atoms with Crippen molar-refractivity contribution in [3.05, 3.63) is 0 Å². The van der Waals surface area contributed by atoms with Crippen LogP contribution in [0.4, 0.5) is 0 Å². The van der Waals surface area contributed by atoms with Gasteiger partial charge in [-0.15, -0.1) is 0 Å². The number of hydrogen-bond acceptors (Lipinski definition) is 1. The number of rotatable bonds is 4. The summed E-state index contributed by atoms with van der Waals surface area (Å²) in [7, 11) is 0. The second kappa shape index (κ2) is 6.22. The molecule has 0 spiro atoms. The molecule has 2 aliphatic rings. The lowest BCUT2D eigenvalue weighted by Gasteiger charge is -2.37. The second-order valence-corrected chi connectivity index (χ2v) is 6.83. The molecule has 2 fully saturated rings. The maximum absolute atomic E-state index is 3.81. The van der Waals surface area contributed by atoms with Crippen molar-refractivity contribution in [1.29, 1.82) is 0 Å². The SMILES string of the molecule is CCCNC1CCCC1C1CC(C)CC(C)C1. The average Bonchev–Trinajstić information content (AvgIpc) is 2.73. The van der Waals surface area contributed by atoms with Gasteiger partial charge in [0.05, 0.1) is 0 Å². The first-order chi connectivity index (χ1) is 8.20. The zero-order valence-electron chi connectivity index (χ0n) is 12.0. The van der Waals surface area contributed by atoms with Gasteiger partial charge in [0.1, 0.15) is 0 Å². The van der Waals surface area contributed by atoms with Crippen LogP contribution in [0, 0.1) is 23.7 Å². The topological polar surface area (TPSA) is 12.0 Å². The van der Waals surface area contributed by atoms with E-state index in [4.69, 9.17) is 0 Å². The summed E-state index contributed by atoms with van der Waals surface area (Å²) in [6, 6.07) is 0.845. The van der Waals surface area contributed by atoms with Gasteiger partial charge >= 0.3 is 0 Å². The number of hydrogen-bond donors (Lipinski definition) is 1. The fraction of sp³-hybridized carbons (Fsp3) is 1.00. The molecule has 2 aliphatic carbocycles. The van der Waals surface area contributed by atoms with Gasteiger partial charge in [-0.05, 0) is 68.7 Å². The third kappa shape index (κ3) is 3.47. The van der Waals surface area contributed by atoms with Crippen LogP contribution in [0.25, 0.3) is 0 Å². The minimum Gasteiger partial charge on any atom is -0.314 e. The summed E-state index contributed by atoms with van der Waals surface area (Å²) in [5, 5.41) is 3.81. The Labute approximate surface area is 108 Å². The van der Waals surface area contributed by atoms with Crippen LogP contribution >= 0.6 is 0 Å². The van der Waals surface area contributed by atoms with E-state index < -0.39 is 0 Å². The molecular formula is C16H31N. The lowest BCUT2D eigenvalue weighted by Crippen LogP contribution is -2.38. The molecule has 1 heteroatoms. The molecule has 0 radical (unpaired) electrons. The molecule has 4 atom stereocenters. The Morgan fingerprint density at radius 3 is 2.35 bits per heavy atom. The first kappa shape index (κ1) is 13.4. The van der Waals surface area contributed by atoms with Crippen molar-refractivity contribution >= 4 is 0 Å². The van der Waals surface area contributed by atoms with Crippen molar-refractivity contribution in [3.8, 4) is 0 Å². The van der Waals surface area contributed by atoms with E-state index in [2.05, 4.69) is 26.1 Å². The van der Waals surface area contributed by atoms with Gasteiger partial charge in [0.15, 0.2) is 0 Å². The summed E-state index contributed by atoms with van der Waals surface area (Å²) in [6.45, 7) is 8.43. The molecule has 1 N–H and O–H groups in total. The molecule has 2 saturated carbocycles. The molecule has 0 heterocycles. The zero-order chi connectivity index (χ0) is 12.3. The second-order valence-electron chi connectivity index (χ2n) is 6.83. The van der Waals surface area contributed by atoms with Crippen molar-refractivity contribution < 1.29 is 0 Å². The van der Waals surface area contributed by atoms with Crippen molar-refractivity contribution in [3.63, 3.8) is 0 Å². The smallest absolute Gasteiger partial charge is 0.00979 e. The molecule has 17 heavy (non-hydrogen) atoms. The number of nitrogens with one attached hydrogen (secondary N) is 1. The Kier molecular flexibility index (Phi) is 4.90. The lowest BCUT2D eigenvalue weighted by atomic mass is 9.70. The summed E-state index contributed by atoms with van der Waals surface area (Å²) < 4.78 is 0. The average molecular weight is 237 g/mol.